The Kier molecular flexibility index (Phi) is 3.10. The molecular formula is C12H13FN2O. The number of nitrogens with zero attached hydrogens (tertiary/aromatic N) is 1. The molecule has 2 heterocycles. The SMILES string of the molecule is CC(=O)C1C=C(c2cccnc2F)CCN1. The molecule has 0 saturated carbocycles. The Labute approximate surface area is 93.4 Å². The summed E-state index contributed by atoms with van der Waals surface area (Å²) in [4.78, 5) is 14.9. The molecule has 1 aliphatic rings. The number of carbonyl (C=O) groups excluding carboxylic acids is 1. The van der Waals surface area contributed by atoms with E-state index in [9.17, 15) is 9.18 Å². The number of nitrogens with one attached hydrogen (secondary N) is 1. The van der Waals surface area contributed by atoms with E-state index in [2.05, 4.69) is 10.3 Å². The minimum absolute atomic E-state index is 0.0431. The van der Waals surface area contributed by atoms with E-state index in [4.69, 9.17) is 0 Å². The highest BCUT2D eigenvalue weighted by Gasteiger charge is 2.19. The predicted octanol–water partition coefficient (Wildman–Crippen LogP) is 1.55. The van der Waals surface area contributed by atoms with Crippen LogP contribution < -0.4 is 5.32 Å². The first-order chi connectivity index (χ1) is 7.68. The summed E-state index contributed by atoms with van der Waals surface area (Å²) in [5.74, 6) is -0.431. The highest BCUT2D eigenvalue weighted by molar-refractivity contribution is 5.86. The van der Waals surface area contributed by atoms with Gasteiger partial charge in [-0.2, -0.15) is 4.39 Å². The first-order valence-corrected chi connectivity index (χ1v) is 5.24. The van der Waals surface area contributed by atoms with Crippen molar-refractivity contribution in [3.05, 3.63) is 35.9 Å². The number of Topliss-reactive ketones (excluding diaryl/α,β-unsaturated/α-hetero) is 1. The summed E-state index contributed by atoms with van der Waals surface area (Å²) in [6.45, 7) is 2.21. The molecule has 1 unspecified atom stereocenters. The Morgan fingerprint density at radius 1 is 1.62 bits per heavy atom. The monoisotopic (exact) mass is 220 g/mol. The maximum atomic E-state index is 13.4. The molecule has 1 atom stereocenters. The zero-order valence-corrected chi connectivity index (χ0v) is 9.03. The van der Waals surface area contributed by atoms with Gasteiger partial charge in [-0.05, 0) is 31.1 Å². The van der Waals surface area contributed by atoms with Gasteiger partial charge in [0.15, 0.2) is 5.78 Å². The van der Waals surface area contributed by atoms with Crippen molar-refractivity contribution in [2.24, 2.45) is 0 Å². The molecule has 0 fully saturated rings. The van der Waals surface area contributed by atoms with Gasteiger partial charge in [0.1, 0.15) is 0 Å². The molecular weight excluding hydrogens is 207 g/mol. The maximum absolute atomic E-state index is 13.4. The fourth-order valence-corrected chi connectivity index (χ4v) is 1.82. The van der Waals surface area contributed by atoms with Gasteiger partial charge in [-0.15, -0.1) is 0 Å². The second-order valence-corrected chi connectivity index (χ2v) is 3.83. The third-order valence-electron chi connectivity index (χ3n) is 2.67. The molecule has 1 aliphatic heterocycles. The topological polar surface area (TPSA) is 42.0 Å². The lowest BCUT2D eigenvalue weighted by Gasteiger charge is -2.20. The quantitative estimate of drug-likeness (QED) is 0.769. The van der Waals surface area contributed by atoms with Crippen LogP contribution >= 0.6 is 0 Å². The molecule has 1 aromatic heterocycles. The van der Waals surface area contributed by atoms with Gasteiger partial charge in [0.25, 0.3) is 0 Å². The van der Waals surface area contributed by atoms with Gasteiger partial charge in [0.2, 0.25) is 5.95 Å². The zero-order valence-electron chi connectivity index (χ0n) is 9.03. The molecule has 0 spiro atoms. The third-order valence-corrected chi connectivity index (χ3v) is 2.67. The number of aromatic nitrogens is 1. The summed E-state index contributed by atoms with van der Waals surface area (Å²) in [6, 6.07) is 3.09. The fraction of sp³-hybridized carbons (Fsp3) is 0.333. The number of rotatable bonds is 2. The summed E-state index contributed by atoms with van der Waals surface area (Å²) in [5, 5.41) is 3.07. The largest absolute Gasteiger partial charge is 0.304 e. The summed E-state index contributed by atoms with van der Waals surface area (Å²) < 4.78 is 13.4. The average Bonchev–Trinajstić information content (AvgIpc) is 2.30. The van der Waals surface area contributed by atoms with Crippen LogP contribution in [0.5, 0.6) is 0 Å². The molecule has 0 saturated heterocycles. The van der Waals surface area contributed by atoms with Gasteiger partial charge in [-0.1, -0.05) is 6.08 Å². The number of halogens is 1. The Bertz CT molecular complexity index is 442. The predicted molar refractivity (Wildman–Crippen MR) is 59.3 cm³/mol. The molecule has 84 valence electrons. The van der Waals surface area contributed by atoms with E-state index in [1.54, 1.807) is 18.2 Å². The summed E-state index contributed by atoms with van der Waals surface area (Å²) in [5.41, 5.74) is 1.35. The van der Waals surface area contributed by atoms with E-state index >= 15 is 0 Å². The van der Waals surface area contributed by atoms with Crippen LogP contribution in [0.15, 0.2) is 24.4 Å². The first-order valence-electron chi connectivity index (χ1n) is 5.24. The minimum Gasteiger partial charge on any atom is -0.304 e. The fourth-order valence-electron chi connectivity index (χ4n) is 1.82. The Balaban J connectivity index is 2.34. The van der Waals surface area contributed by atoms with Gasteiger partial charge in [-0.3, -0.25) is 4.79 Å². The van der Waals surface area contributed by atoms with Crippen LogP contribution in [0.25, 0.3) is 5.57 Å². The Hall–Kier alpha value is -1.55. The van der Waals surface area contributed by atoms with Crippen molar-refractivity contribution in [1.29, 1.82) is 0 Å². The van der Waals surface area contributed by atoms with Crippen LogP contribution in [-0.4, -0.2) is 23.4 Å². The number of hydrogen-bond acceptors (Lipinski definition) is 3. The molecule has 0 aliphatic carbocycles. The first kappa shape index (κ1) is 11.0. The van der Waals surface area contributed by atoms with Crippen LogP contribution in [0.2, 0.25) is 0 Å². The third kappa shape index (κ3) is 2.17. The van der Waals surface area contributed by atoms with Gasteiger partial charge in [-0.25, -0.2) is 4.98 Å². The van der Waals surface area contributed by atoms with Crippen molar-refractivity contribution in [3.63, 3.8) is 0 Å². The van der Waals surface area contributed by atoms with Crippen molar-refractivity contribution < 1.29 is 9.18 Å². The Morgan fingerprint density at radius 2 is 2.44 bits per heavy atom. The summed E-state index contributed by atoms with van der Waals surface area (Å²) in [7, 11) is 0. The molecule has 16 heavy (non-hydrogen) atoms. The molecule has 1 N–H and O–H groups in total. The lowest BCUT2D eigenvalue weighted by atomic mass is 9.97. The molecule has 0 radical (unpaired) electrons. The van der Waals surface area contributed by atoms with E-state index < -0.39 is 5.95 Å². The van der Waals surface area contributed by atoms with Crippen molar-refractivity contribution in [1.82, 2.24) is 10.3 Å². The second-order valence-electron chi connectivity index (χ2n) is 3.83. The van der Waals surface area contributed by atoms with Crippen LogP contribution in [0.1, 0.15) is 18.9 Å². The van der Waals surface area contributed by atoms with Crippen molar-refractivity contribution in [2.75, 3.05) is 6.54 Å². The molecule has 0 bridgehead atoms. The molecule has 4 heteroatoms. The van der Waals surface area contributed by atoms with Crippen LogP contribution in [0.4, 0.5) is 4.39 Å². The van der Waals surface area contributed by atoms with E-state index in [-0.39, 0.29) is 11.8 Å². The summed E-state index contributed by atoms with van der Waals surface area (Å²) >= 11 is 0. The van der Waals surface area contributed by atoms with E-state index in [1.807, 2.05) is 0 Å². The molecule has 2 rings (SSSR count). The van der Waals surface area contributed by atoms with Gasteiger partial charge < -0.3 is 5.32 Å². The van der Waals surface area contributed by atoms with Crippen molar-refractivity contribution >= 4 is 11.4 Å². The zero-order chi connectivity index (χ0) is 11.5. The van der Waals surface area contributed by atoms with Gasteiger partial charge >= 0.3 is 0 Å². The van der Waals surface area contributed by atoms with Crippen LogP contribution in [0.3, 0.4) is 0 Å². The number of pyridine rings is 1. The highest BCUT2D eigenvalue weighted by Crippen LogP contribution is 2.22. The van der Waals surface area contributed by atoms with Crippen molar-refractivity contribution in [2.45, 2.75) is 19.4 Å². The van der Waals surface area contributed by atoms with Crippen LogP contribution in [0, 0.1) is 5.95 Å². The number of ketones is 1. The average molecular weight is 220 g/mol. The van der Waals surface area contributed by atoms with E-state index in [0.717, 1.165) is 5.57 Å². The molecule has 0 amide bonds. The van der Waals surface area contributed by atoms with E-state index in [0.29, 0.717) is 18.5 Å². The molecule has 0 aromatic carbocycles. The maximum Gasteiger partial charge on any atom is 0.220 e. The standard InChI is InChI=1S/C12H13FN2O/c1-8(16)11-7-9(4-6-14-11)10-3-2-5-15-12(10)13/h2-3,5,7,11,14H,4,6H2,1H3. The van der Waals surface area contributed by atoms with E-state index in [1.165, 1.54) is 13.1 Å². The van der Waals surface area contributed by atoms with Gasteiger partial charge in [0.05, 0.1) is 6.04 Å². The highest BCUT2D eigenvalue weighted by atomic mass is 19.1. The summed E-state index contributed by atoms with van der Waals surface area (Å²) in [6.07, 6.45) is 3.92. The molecule has 1 aromatic rings. The number of hydrogen-bond donors (Lipinski definition) is 1. The second kappa shape index (κ2) is 4.53. The minimum atomic E-state index is -0.474. The van der Waals surface area contributed by atoms with Gasteiger partial charge in [0, 0.05) is 18.3 Å². The molecule has 3 nitrogen and oxygen atoms in total. The lowest BCUT2D eigenvalue weighted by molar-refractivity contribution is -0.117. The smallest absolute Gasteiger partial charge is 0.220 e. The van der Waals surface area contributed by atoms with Crippen molar-refractivity contribution in [3.8, 4) is 0 Å². The normalized spacial score (nSPS) is 20.4. The Morgan fingerprint density at radius 3 is 3.12 bits per heavy atom. The lowest BCUT2D eigenvalue weighted by Crippen LogP contribution is -2.37. The number of carbonyl (C=O) groups is 1. The van der Waals surface area contributed by atoms with Crippen LogP contribution in [-0.2, 0) is 4.79 Å².